The molecule has 0 fully saturated rings. The van der Waals surface area contributed by atoms with Gasteiger partial charge in [-0.05, 0) is 24.3 Å². The minimum absolute atomic E-state index is 0.112. The molecule has 0 saturated carbocycles. The molecule has 3 radical (unpaired) electrons. The molecule has 0 atom stereocenters. The van der Waals surface area contributed by atoms with Gasteiger partial charge >= 0.3 is 91.6 Å². The predicted molar refractivity (Wildman–Crippen MR) is 173 cm³/mol. The van der Waals surface area contributed by atoms with E-state index >= 15 is 0 Å². The summed E-state index contributed by atoms with van der Waals surface area (Å²) in [5.41, 5.74) is 8.63. The fraction of sp³-hybridized carbons (Fsp3) is 0.0556. The van der Waals surface area contributed by atoms with E-state index in [1.165, 1.54) is 17.9 Å². The zero-order chi connectivity index (χ0) is 33.1. The molecule has 3 rings (SSSR count). The molecule has 0 aliphatic carbocycles. The summed E-state index contributed by atoms with van der Waals surface area (Å²) in [6.45, 7) is 1.38. The molecule has 3 aromatic carbocycles. The number of phenols is 1. The number of hydrogen-bond donors (Lipinski definition) is 3. The van der Waals surface area contributed by atoms with Crippen LogP contribution >= 0.6 is 0 Å². The second-order valence-corrected chi connectivity index (χ2v) is 9.00. The third-order valence-corrected chi connectivity index (χ3v) is 5.78. The van der Waals surface area contributed by atoms with Crippen molar-refractivity contribution < 1.29 is 29.3 Å². The number of aromatic hydroxyl groups is 1. The summed E-state index contributed by atoms with van der Waals surface area (Å²) < 4.78 is 8.86. The van der Waals surface area contributed by atoms with Gasteiger partial charge in [0.15, 0.2) is 11.9 Å². The molecule has 10 heteroatoms. The molecule has 4 N–H and O–H groups in total. The second-order valence-electron chi connectivity index (χ2n) is 8.29. The van der Waals surface area contributed by atoms with Crippen LogP contribution < -0.4 is 20.9 Å². The Hall–Kier alpha value is -6.70. The maximum atomic E-state index is 12.2. The van der Waals surface area contributed by atoms with Crippen molar-refractivity contribution in [1.29, 1.82) is 0 Å². The van der Waals surface area contributed by atoms with Gasteiger partial charge in [-0.2, -0.15) is 0 Å². The fourth-order valence-electron chi connectivity index (χ4n) is 3.36. The number of nitrogens with two attached hydrogens (primary N) is 1. The van der Waals surface area contributed by atoms with Crippen LogP contribution in [0.5, 0.6) is 17.2 Å². The van der Waals surface area contributed by atoms with E-state index < -0.39 is 5.91 Å². The first-order valence-corrected chi connectivity index (χ1v) is 14.1. The topological polar surface area (TPSA) is 123 Å². The van der Waals surface area contributed by atoms with Crippen LogP contribution in [0.3, 0.4) is 0 Å². The molecular formula is C36H18N3O6Sn. The Bertz CT molecular complexity index is 2220. The van der Waals surface area contributed by atoms with Gasteiger partial charge in [0.1, 0.15) is 11.5 Å². The summed E-state index contributed by atoms with van der Waals surface area (Å²) in [5.74, 6) is 34.1. The van der Waals surface area contributed by atoms with Gasteiger partial charge in [0.25, 0.3) is 5.91 Å². The average molecular weight is 707 g/mol. The molecule has 0 aromatic heterocycles. The normalized spacial score (nSPS) is 8.24. The third-order valence-electron chi connectivity index (χ3n) is 5.43. The van der Waals surface area contributed by atoms with E-state index in [1.54, 1.807) is 49.5 Å². The van der Waals surface area contributed by atoms with Gasteiger partial charge in [0.2, 0.25) is 5.91 Å². The molecule has 0 saturated heterocycles. The minimum atomic E-state index is -0.827. The Morgan fingerprint density at radius 3 is 1.93 bits per heavy atom. The van der Waals surface area contributed by atoms with Crippen LogP contribution in [-0.2, 0) is 14.7 Å². The number of rotatable bonds is 7. The Morgan fingerprint density at radius 1 is 0.804 bits per heavy atom. The van der Waals surface area contributed by atoms with Crippen molar-refractivity contribution in [3.8, 4) is 110 Å². The van der Waals surface area contributed by atoms with Gasteiger partial charge in [-0.1, -0.05) is 29.3 Å². The van der Waals surface area contributed by atoms with E-state index in [9.17, 15) is 14.7 Å². The molecule has 217 valence electrons. The number of carbonyl (C=O) groups is 2. The van der Waals surface area contributed by atoms with Crippen LogP contribution in [0.1, 0.15) is 17.3 Å². The van der Waals surface area contributed by atoms with Crippen LogP contribution in [-0.4, -0.2) is 46.5 Å². The zero-order valence-corrected chi connectivity index (χ0v) is 27.0. The summed E-state index contributed by atoms with van der Waals surface area (Å²) in [5, 5.41) is 11.4. The molecule has 3 aromatic rings. The Kier molecular flexibility index (Phi) is 13.3. The third kappa shape index (κ3) is 10.2. The number of amides is 2. The minimum Gasteiger partial charge on any atom is -0.506 e. The molecule has 0 aliphatic rings. The SMILES string of the molecule is CC(=O)N(C)c1cc(NOOC#CC#CC#CC#CC#CC#CC#CC#[C][Sn])ccc1Oc1cc(C(N)=O)c(O)c2ccccc12. The maximum Gasteiger partial charge on any atom is 0.252 e. The number of primary amides is 1. The van der Waals surface area contributed by atoms with Crippen molar-refractivity contribution in [2.24, 2.45) is 5.73 Å². The van der Waals surface area contributed by atoms with E-state index in [0.717, 1.165) is 22.5 Å². The van der Waals surface area contributed by atoms with Gasteiger partial charge in [-0.15, -0.1) is 0 Å². The predicted octanol–water partition coefficient (Wildman–Crippen LogP) is 2.81. The number of hydrogen-bond acceptors (Lipinski definition) is 7. The molecule has 0 unspecified atom stereocenters. The summed E-state index contributed by atoms with van der Waals surface area (Å²) in [4.78, 5) is 35.2. The van der Waals surface area contributed by atoms with Crippen LogP contribution in [0.2, 0.25) is 0 Å². The largest absolute Gasteiger partial charge is 0.506 e. The fourth-order valence-corrected chi connectivity index (χ4v) is 3.54. The Morgan fingerprint density at radius 2 is 1.37 bits per heavy atom. The van der Waals surface area contributed by atoms with Crippen molar-refractivity contribution in [3.63, 3.8) is 0 Å². The standard InChI is InChI=1S/C36H18N3O6.Sn/c1-4-5-6-7-8-9-10-11-12-13-14-15-16-19-24-43-45-38-28-22-23-33(32(25-28)39(3)27(2)40)44-34-26-31(36(37)42)35(41)30-21-18-17-20-29(30)34;/h17-18,20-23,25-26,38,41H,2-3H3,(H2,37,42);. The van der Waals surface area contributed by atoms with Crippen molar-refractivity contribution in [1.82, 2.24) is 0 Å². The number of nitrogens with zero attached hydrogens (tertiary/aromatic N) is 1. The van der Waals surface area contributed by atoms with Gasteiger partial charge < -0.3 is 20.5 Å². The van der Waals surface area contributed by atoms with Crippen LogP contribution in [0, 0.1) is 92.9 Å². The number of ether oxygens (including phenoxy) is 1. The number of anilines is 2. The average Bonchev–Trinajstić information content (AvgIpc) is 3.05. The van der Waals surface area contributed by atoms with Gasteiger partial charge in [0, 0.05) is 42.5 Å². The van der Waals surface area contributed by atoms with Crippen LogP contribution in [0.4, 0.5) is 11.4 Å². The van der Waals surface area contributed by atoms with E-state index in [1.807, 2.05) is 0 Å². The van der Waals surface area contributed by atoms with Crippen molar-refractivity contribution >= 4 is 56.5 Å². The molecule has 0 bridgehead atoms. The second kappa shape index (κ2) is 18.1. The van der Waals surface area contributed by atoms with E-state index in [-0.39, 0.29) is 28.7 Å². The van der Waals surface area contributed by atoms with Gasteiger partial charge in [-0.3, -0.25) is 14.5 Å². The number of fused-ring (bicyclic) bond motifs is 1. The summed E-state index contributed by atoms with van der Waals surface area (Å²) in [6.07, 6.45) is 2.22. The van der Waals surface area contributed by atoms with Gasteiger partial charge in [-0.25, -0.2) is 5.48 Å². The number of benzene rings is 3. The Balaban J connectivity index is 1.66. The van der Waals surface area contributed by atoms with E-state index in [0.29, 0.717) is 22.1 Å². The summed E-state index contributed by atoms with van der Waals surface area (Å²) in [7, 11) is 1.55. The van der Waals surface area contributed by atoms with E-state index in [2.05, 4.69) is 98.4 Å². The smallest absolute Gasteiger partial charge is 0.252 e. The van der Waals surface area contributed by atoms with Crippen molar-refractivity contribution in [2.75, 3.05) is 17.4 Å². The molecule has 0 heterocycles. The summed E-state index contributed by atoms with van der Waals surface area (Å²) in [6, 6.07) is 12.9. The number of nitrogens with one attached hydrogen (secondary N) is 1. The van der Waals surface area contributed by atoms with Crippen LogP contribution in [0.15, 0.2) is 48.5 Å². The first-order chi connectivity index (χ1) is 22.3. The molecule has 46 heavy (non-hydrogen) atoms. The van der Waals surface area contributed by atoms with Gasteiger partial charge in [0.05, 0.1) is 16.9 Å². The molecule has 0 aliphatic heterocycles. The first-order valence-electron chi connectivity index (χ1n) is 12.7. The van der Waals surface area contributed by atoms with Crippen LogP contribution in [0.25, 0.3) is 10.8 Å². The molecular weight excluding hydrogens is 689 g/mol. The monoisotopic (exact) mass is 708 g/mol. The van der Waals surface area contributed by atoms with Crippen molar-refractivity contribution in [2.45, 2.75) is 6.92 Å². The maximum absolute atomic E-state index is 12.2. The number of carbonyl (C=O) groups excluding carboxylic acids is 2. The van der Waals surface area contributed by atoms with Crippen molar-refractivity contribution in [3.05, 3.63) is 54.1 Å². The molecule has 9 nitrogen and oxygen atoms in total. The molecule has 2 amide bonds. The zero-order valence-electron chi connectivity index (χ0n) is 24.1. The quantitative estimate of drug-likeness (QED) is 0.114. The van der Waals surface area contributed by atoms with E-state index in [4.69, 9.17) is 20.3 Å². The summed E-state index contributed by atoms with van der Waals surface area (Å²) >= 11 is 1.09. The Labute approximate surface area is 279 Å². The first kappa shape index (κ1) is 33.8. The molecule has 0 spiro atoms.